The second-order valence-corrected chi connectivity index (χ2v) is 8.72. The third kappa shape index (κ3) is 4.16. The van der Waals surface area contributed by atoms with Gasteiger partial charge in [-0.15, -0.1) is 16.4 Å². The highest BCUT2D eigenvalue weighted by atomic mass is 32.2. The lowest BCUT2D eigenvalue weighted by molar-refractivity contribution is 0.561. The minimum atomic E-state index is -4.07. The molecule has 0 atom stereocenters. The zero-order valence-electron chi connectivity index (χ0n) is 14.6. The Kier molecular flexibility index (Phi) is 5.11. The second kappa shape index (κ2) is 7.58. The predicted molar refractivity (Wildman–Crippen MR) is 102 cm³/mol. The number of hydrogen-bond donors (Lipinski definition) is 1. The summed E-state index contributed by atoms with van der Waals surface area (Å²) < 4.78 is 68.3. The molecule has 4 aromatic rings. The predicted octanol–water partition coefficient (Wildman–Crippen LogP) is 3.40. The quantitative estimate of drug-likeness (QED) is 0.501. The Hall–Kier alpha value is -2.76. The number of thiazole rings is 1. The molecule has 0 bridgehead atoms. The minimum absolute atomic E-state index is 0.0124. The van der Waals surface area contributed by atoms with Crippen LogP contribution in [0.1, 0.15) is 5.69 Å². The van der Waals surface area contributed by atoms with E-state index in [0.717, 1.165) is 12.1 Å². The molecular weight excluding hydrogens is 425 g/mol. The summed E-state index contributed by atoms with van der Waals surface area (Å²) in [5.41, 5.74) is 1.22. The minimum Gasteiger partial charge on any atom is -0.211 e. The number of halogens is 3. The van der Waals surface area contributed by atoms with Crippen LogP contribution in [0.2, 0.25) is 0 Å². The lowest BCUT2D eigenvalue weighted by Crippen LogP contribution is -2.26. The van der Waals surface area contributed by atoms with Gasteiger partial charge in [0.15, 0.2) is 5.82 Å². The zero-order valence-corrected chi connectivity index (χ0v) is 16.3. The number of aromatic nitrogens is 3. The maximum absolute atomic E-state index is 13.4. The van der Waals surface area contributed by atoms with Gasteiger partial charge >= 0.3 is 0 Å². The number of sulfonamides is 1. The largest absolute Gasteiger partial charge is 0.240 e. The summed E-state index contributed by atoms with van der Waals surface area (Å²) in [7, 11) is -4.07. The molecule has 11 heteroatoms. The van der Waals surface area contributed by atoms with Crippen LogP contribution in [-0.4, -0.2) is 29.6 Å². The molecule has 0 fully saturated rings. The average Bonchev–Trinajstić information content (AvgIpc) is 3.22. The average molecular weight is 438 g/mol. The summed E-state index contributed by atoms with van der Waals surface area (Å²) in [6.45, 7) is -0.0124. The molecule has 29 heavy (non-hydrogen) atoms. The third-order valence-corrected chi connectivity index (χ3v) is 6.36. The first-order valence-electron chi connectivity index (χ1n) is 8.37. The standard InChI is InChI=1S/C18H13F3N4O2S2/c19-12-3-1-2-11(6-12)17-23-18-25(24-17)15(10-28-18)4-5-22-29(26,27)16-8-13(20)7-14(21)9-16/h1-3,6-10,22H,4-5H2. The van der Waals surface area contributed by atoms with Crippen LogP contribution >= 0.6 is 11.3 Å². The van der Waals surface area contributed by atoms with Gasteiger partial charge in [-0.2, -0.15) is 4.98 Å². The van der Waals surface area contributed by atoms with Gasteiger partial charge in [-0.05, 0) is 24.3 Å². The van der Waals surface area contributed by atoms with E-state index in [1.807, 2.05) is 0 Å². The normalized spacial score (nSPS) is 12.0. The Morgan fingerprint density at radius 1 is 1.03 bits per heavy atom. The highest BCUT2D eigenvalue weighted by Gasteiger charge is 2.17. The van der Waals surface area contributed by atoms with Crippen LogP contribution in [0.3, 0.4) is 0 Å². The summed E-state index contributed by atoms with van der Waals surface area (Å²) >= 11 is 1.31. The lowest BCUT2D eigenvalue weighted by atomic mass is 10.2. The SMILES string of the molecule is O=S(=O)(NCCc1csc2nc(-c3cccc(F)c3)nn12)c1cc(F)cc(F)c1. The van der Waals surface area contributed by atoms with Crippen molar-refractivity contribution in [3.8, 4) is 11.4 Å². The fourth-order valence-electron chi connectivity index (χ4n) is 2.73. The van der Waals surface area contributed by atoms with E-state index in [4.69, 9.17) is 0 Å². The number of nitrogens with zero attached hydrogens (tertiary/aromatic N) is 3. The first kappa shape index (κ1) is 19.6. The van der Waals surface area contributed by atoms with Crippen molar-refractivity contribution in [3.63, 3.8) is 0 Å². The molecule has 6 nitrogen and oxygen atoms in total. The first-order valence-corrected chi connectivity index (χ1v) is 10.7. The number of fused-ring (bicyclic) bond motifs is 1. The van der Waals surface area contributed by atoms with E-state index in [-0.39, 0.29) is 13.0 Å². The molecule has 0 spiro atoms. The molecule has 2 heterocycles. The van der Waals surface area contributed by atoms with Gasteiger partial charge in [-0.3, -0.25) is 0 Å². The first-order chi connectivity index (χ1) is 13.8. The fourth-order valence-corrected chi connectivity index (χ4v) is 4.66. The van der Waals surface area contributed by atoms with Crippen molar-refractivity contribution in [2.45, 2.75) is 11.3 Å². The molecule has 0 aliphatic heterocycles. The van der Waals surface area contributed by atoms with E-state index in [1.165, 1.54) is 23.5 Å². The van der Waals surface area contributed by atoms with Crippen LogP contribution < -0.4 is 4.72 Å². The second-order valence-electron chi connectivity index (χ2n) is 6.12. The van der Waals surface area contributed by atoms with Crippen molar-refractivity contribution in [1.82, 2.24) is 19.3 Å². The maximum atomic E-state index is 13.4. The molecule has 0 unspecified atom stereocenters. The van der Waals surface area contributed by atoms with E-state index in [2.05, 4.69) is 14.8 Å². The summed E-state index contributed by atoms with van der Waals surface area (Å²) in [4.78, 5) is 4.44. The molecule has 4 rings (SSSR count). The Labute approximate surface area is 167 Å². The molecule has 0 radical (unpaired) electrons. The van der Waals surface area contributed by atoms with E-state index < -0.39 is 32.4 Å². The summed E-state index contributed by atoms with van der Waals surface area (Å²) in [6.07, 6.45) is 0.267. The van der Waals surface area contributed by atoms with Crippen molar-refractivity contribution in [3.05, 3.63) is 71.0 Å². The van der Waals surface area contributed by atoms with E-state index >= 15 is 0 Å². The van der Waals surface area contributed by atoms with Crippen LogP contribution in [0.15, 0.2) is 52.7 Å². The molecular formula is C18H13F3N4O2S2. The summed E-state index contributed by atoms with van der Waals surface area (Å²) in [5.74, 6) is -1.99. The summed E-state index contributed by atoms with van der Waals surface area (Å²) in [6, 6.07) is 7.99. The molecule has 0 saturated heterocycles. The monoisotopic (exact) mass is 438 g/mol. The number of rotatable bonds is 6. The van der Waals surface area contributed by atoms with E-state index in [1.54, 1.807) is 22.0 Å². The molecule has 0 saturated carbocycles. The molecule has 2 aromatic carbocycles. The zero-order chi connectivity index (χ0) is 20.6. The highest BCUT2D eigenvalue weighted by Crippen LogP contribution is 2.22. The van der Waals surface area contributed by atoms with E-state index in [0.29, 0.717) is 28.1 Å². The highest BCUT2D eigenvalue weighted by molar-refractivity contribution is 7.89. The number of benzene rings is 2. The lowest BCUT2D eigenvalue weighted by Gasteiger charge is -2.06. The number of hydrogen-bond acceptors (Lipinski definition) is 5. The van der Waals surface area contributed by atoms with E-state index in [9.17, 15) is 21.6 Å². The van der Waals surface area contributed by atoms with Crippen LogP contribution in [0.25, 0.3) is 16.3 Å². The van der Waals surface area contributed by atoms with Crippen LogP contribution in [0.5, 0.6) is 0 Å². The third-order valence-electron chi connectivity index (χ3n) is 4.05. The maximum Gasteiger partial charge on any atom is 0.240 e. The fraction of sp³-hybridized carbons (Fsp3) is 0.111. The Bertz CT molecular complexity index is 1280. The van der Waals surface area contributed by atoms with Crippen molar-refractivity contribution < 1.29 is 21.6 Å². The van der Waals surface area contributed by atoms with Gasteiger partial charge in [0, 0.05) is 30.0 Å². The molecule has 2 aromatic heterocycles. The van der Waals surface area contributed by atoms with Crippen LogP contribution in [0, 0.1) is 17.5 Å². The summed E-state index contributed by atoms with van der Waals surface area (Å²) in [5, 5.41) is 6.13. The molecule has 1 N–H and O–H groups in total. The Morgan fingerprint density at radius 2 is 1.79 bits per heavy atom. The van der Waals surface area contributed by atoms with Crippen molar-refractivity contribution in [1.29, 1.82) is 0 Å². The van der Waals surface area contributed by atoms with Crippen molar-refractivity contribution in [2.75, 3.05) is 6.54 Å². The number of nitrogens with one attached hydrogen (secondary N) is 1. The topological polar surface area (TPSA) is 76.4 Å². The van der Waals surface area contributed by atoms with Gasteiger partial charge < -0.3 is 0 Å². The Balaban J connectivity index is 1.50. The van der Waals surface area contributed by atoms with Gasteiger partial charge in [0.05, 0.1) is 10.6 Å². The molecule has 0 aliphatic carbocycles. The smallest absolute Gasteiger partial charge is 0.211 e. The van der Waals surface area contributed by atoms with Crippen molar-refractivity contribution in [2.24, 2.45) is 0 Å². The van der Waals surface area contributed by atoms with Gasteiger partial charge in [0.2, 0.25) is 15.0 Å². The van der Waals surface area contributed by atoms with Gasteiger partial charge in [0.1, 0.15) is 17.5 Å². The van der Waals surface area contributed by atoms with Crippen molar-refractivity contribution >= 4 is 26.3 Å². The van der Waals surface area contributed by atoms with Gasteiger partial charge in [0.25, 0.3) is 0 Å². The van der Waals surface area contributed by atoms with Gasteiger partial charge in [-0.25, -0.2) is 30.8 Å². The van der Waals surface area contributed by atoms with Gasteiger partial charge in [-0.1, -0.05) is 12.1 Å². The van der Waals surface area contributed by atoms with Crippen LogP contribution in [0.4, 0.5) is 13.2 Å². The molecule has 150 valence electrons. The molecule has 0 amide bonds. The van der Waals surface area contributed by atoms with Crippen LogP contribution in [-0.2, 0) is 16.4 Å². The molecule has 0 aliphatic rings. The Morgan fingerprint density at radius 3 is 2.52 bits per heavy atom.